The Kier molecular flexibility index (Phi) is 9.10. The predicted molar refractivity (Wildman–Crippen MR) is 124 cm³/mol. The summed E-state index contributed by atoms with van der Waals surface area (Å²) >= 11 is 0. The van der Waals surface area contributed by atoms with Gasteiger partial charge in [0.1, 0.15) is 0 Å². The number of aliphatic imine (C=N–C) groups is 1. The van der Waals surface area contributed by atoms with Crippen LogP contribution in [0.2, 0.25) is 0 Å². The average molecular weight is 509 g/mol. The summed E-state index contributed by atoms with van der Waals surface area (Å²) in [7, 11) is 1.74. The van der Waals surface area contributed by atoms with E-state index in [1.54, 1.807) is 24.1 Å². The van der Waals surface area contributed by atoms with Gasteiger partial charge in [-0.15, -0.1) is 24.0 Å². The topological polar surface area (TPSA) is 93.2 Å². The molecule has 3 rings (SSSR count). The van der Waals surface area contributed by atoms with E-state index in [0.717, 1.165) is 35.7 Å². The van der Waals surface area contributed by atoms with Crippen molar-refractivity contribution in [2.75, 3.05) is 7.05 Å². The molecule has 0 bridgehead atoms. The van der Waals surface area contributed by atoms with Crippen LogP contribution >= 0.6 is 24.0 Å². The summed E-state index contributed by atoms with van der Waals surface area (Å²) in [6, 6.07) is 7.85. The van der Waals surface area contributed by atoms with E-state index in [9.17, 15) is 0 Å². The van der Waals surface area contributed by atoms with Crippen molar-refractivity contribution in [3.05, 3.63) is 59.9 Å². The molecule has 0 radical (unpaired) electrons. The van der Waals surface area contributed by atoms with Gasteiger partial charge in [-0.3, -0.25) is 4.99 Å². The maximum absolute atomic E-state index is 5.45. The van der Waals surface area contributed by atoms with Crippen molar-refractivity contribution in [1.82, 2.24) is 30.6 Å². The Bertz CT molecular complexity index is 888. The Hall–Kier alpha value is -2.43. The molecule has 156 valence electrons. The fraction of sp³-hybridized carbons (Fsp3) is 0.400. The van der Waals surface area contributed by atoms with E-state index in [4.69, 9.17) is 4.52 Å². The van der Waals surface area contributed by atoms with E-state index >= 15 is 0 Å². The fourth-order valence-electron chi connectivity index (χ4n) is 2.99. The Morgan fingerprint density at radius 1 is 1.17 bits per heavy atom. The lowest BCUT2D eigenvalue weighted by molar-refractivity contribution is 0.368. The number of rotatable bonds is 8. The molecule has 9 heteroatoms. The van der Waals surface area contributed by atoms with Crippen molar-refractivity contribution in [2.45, 2.75) is 45.7 Å². The molecule has 2 N–H and O–H groups in total. The first-order chi connectivity index (χ1) is 13.7. The minimum atomic E-state index is 0. The maximum atomic E-state index is 5.45. The standard InChI is InChI=1S/C20H27N7O.HI/c1-4-16(5-2)18-12-17(28-26-18)14-24-20(21-3)23-13-15-7-9-22-19(11-15)27-10-6-8-25-27;/h6-12,16H,4-5,13-14H2,1-3H3,(H2,21,23,24);1H. The van der Waals surface area contributed by atoms with Crippen LogP contribution in [0.25, 0.3) is 5.82 Å². The zero-order valence-corrected chi connectivity index (χ0v) is 19.3. The zero-order valence-electron chi connectivity index (χ0n) is 17.0. The van der Waals surface area contributed by atoms with E-state index in [2.05, 4.69) is 44.7 Å². The lowest BCUT2D eigenvalue weighted by Gasteiger charge is -2.11. The van der Waals surface area contributed by atoms with Gasteiger partial charge in [0.25, 0.3) is 0 Å². The fourth-order valence-corrected chi connectivity index (χ4v) is 2.99. The van der Waals surface area contributed by atoms with Crippen molar-refractivity contribution in [2.24, 2.45) is 4.99 Å². The van der Waals surface area contributed by atoms with E-state index < -0.39 is 0 Å². The Morgan fingerprint density at radius 2 is 1.97 bits per heavy atom. The van der Waals surface area contributed by atoms with Crippen LogP contribution in [0.3, 0.4) is 0 Å². The summed E-state index contributed by atoms with van der Waals surface area (Å²) in [6.45, 7) is 5.49. The number of nitrogens with one attached hydrogen (secondary N) is 2. The number of nitrogens with zero attached hydrogens (tertiary/aromatic N) is 5. The van der Waals surface area contributed by atoms with E-state index in [-0.39, 0.29) is 24.0 Å². The predicted octanol–water partition coefficient (Wildman–Crippen LogP) is 3.64. The van der Waals surface area contributed by atoms with Crippen molar-refractivity contribution < 1.29 is 4.52 Å². The lowest BCUT2D eigenvalue weighted by Crippen LogP contribution is -2.36. The molecule has 0 aliphatic rings. The van der Waals surface area contributed by atoms with Gasteiger partial charge in [0.15, 0.2) is 17.5 Å². The van der Waals surface area contributed by atoms with Gasteiger partial charge in [-0.1, -0.05) is 19.0 Å². The minimum absolute atomic E-state index is 0. The third-order valence-electron chi connectivity index (χ3n) is 4.64. The molecule has 29 heavy (non-hydrogen) atoms. The van der Waals surface area contributed by atoms with Crippen molar-refractivity contribution in [3.8, 4) is 5.82 Å². The van der Waals surface area contributed by atoms with Gasteiger partial charge in [-0.05, 0) is 36.6 Å². The number of aromatic nitrogens is 4. The molecular weight excluding hydrogens is 481 g/mol. The molecule has 0 atom stereocenters. The van der Waals surface area contributed by atoms with Crippen LogP contribution in [0.4, 0.5) is 0 Å². The smallest absolute Gasteiger partial charge is 0.191 e. The molecule has 0 amide bonds. The Morgan fingerprint density at radius 3 is 2.66 bits per heavy atom. The molecule has 0 fully saturated rings. The largest absolute Gasteiger partial charge is 0.359 e. The highest BCUT2D eigenvalue weighted by Crippen LogP contribution is 2.22. The normalized spacial score (nSPS) is 11.4. The molecule has 0 aliphatic carbocycles. The quantitative estimate of drug-likeness (QED) is 0.274. The van der Waals surface area contributed by atoms with Crippen molar-refractivity contribution in [1.29, 1.82) is 0 Å². The number of halogens is 1. The summed E-state index contributed by atoms with van der Waals surface area (Å²) in [5.41, 5.74) is 2.10. The van der Waals surface area contributed by atoms with Crippen LogP contribution < -0.4 is 10.6 Å². The molecule has 0 saturated heterocycles. The molecule has 0 saturated carbocycles. The van der Waals surface area contributed by atoms with Crippen molar-refractivity contribution >= 4 is 29.9 Å². The highest BCUT2D eigenvalue weighted by molar-refractivity contribution is 14.0. The third-order valence-corrected chi connectivity index (χ3v) is 4.64. The van der Waals surface area contributed by atoms with Gasteiger partial charge < -0.3 is 15.2 Å². The molecule has 0 spiro atoms. The highest BCUT2D eigenvalue weighted by Gasteiger charge is 2.13. The van der Waals surface area contributed by atoms with Gasteiger partial charge >= 0.3 is 0 Å². The van der Waals surface area contributed by atoms with Crippen LogP contribution in [-0.4, -0.2) is 32.9 Å². The van der Waals surface area contributed by atoms with E-state index in [1.807, 2.05) is 30.5 Å². The third kappa shape index (κ3) is 6.28. The molecule has 3 aromatic heterocycles. The summed E-state index contributed by atoms with van der Waals surface area (Å²) < 4.78 is 7.18. The molecule has 3 heterocycles. The SMILES string of the molecule is CCC(CC)c1cc(CNC(=NC)NCc2ccnc(-n3cccn3)c2)on1.I. The number of pyridine rings is 1. The van der Waals surface area contributed by atoms with Gasteiger partial charge in [-0.2, -0.15) is 5.10 Å². The molecule has 8 nitrogen and oxygen atoms in total. The van der Waals surface area contributed by atoms with E-state index in [1.165, 1.54) is 0 Å². The molecule has 0 unspecified atom stereocenters. The van der Waals surface area contributed by atoms with Gasteiger partial charge in [0.2, 0.25) is 0 Å². The van der Waals surface area contributed by atoms with Crippen molar-refractivity contribution in [3.63, 3.8) is 0 Å². The first-order valence-corrected chi connectivity index (χ1v) is 9.58. The van der Waals surface area contributed by atoms with Crippen LogP contribution in [0.1, 0.15) is 49.6 Å². The highest BCUT2D eigenvalue weighted by atomic mass is 127. The van der Waals surface area contributed by atoms with Crippen LogP contribution in [0, 0.1) is 0 Å². The first kappa shape index (κ1) is 22.9. The Labute approximate surface area is 188 Å². The van der Waals surface area contributed by atoms with Crippen LogP contribution in [-0.2, 0) is 13.1 Å². The summed E-state index contributed by atoms with van der Waals surface area (Å²) in [5.74, 6) is 2.72. The Balaban J connectivity index is 0.00000300. The van der Waals surface area contributed by atoms with Gasteiger partial charge in [-0.25, -0.2) is 9.67 Å². The second-order valence-corrected chi connectivity index (χ2v) is 6.48. The van der Waals surface area contributed by atoms with Gasteiger partial charge in [0.05, 0.1) is 12.2 Å². The summed E-state index contributed by atoms with van der Waals surface area (Å²) in [4.78, 5) is 8.61. The van der Waals surface area contributed by atoms with Gasteiger partial charge in [0, 0.05) is 44.2 Å². The first-order valence-electron chi connectivity index (χ1n) is 9.58. The summed E-state index contributed by atoms with van der Waals surface area (Å²) in [5, 5.41) is 15.0. The number of hydrogen-bond acceptors (Lipinski definition) is 5. The molecule has 3 aromatic rings. The monoisotopic (exact) mass is 509 g/mol. The molecular formula is C20H28IN7O. The number of hydrogen-bond donors (Lipinski definition) is 2. The maximum Gasteiger partial charge on any atom is 0.191 e. The second kappa shape index (κ2) is 11.5. The van der Waals surface area contributed by atoms with Crippen LogP contribution in [0.15, 0.2) is 52.4 Å². The average Bonchev–Trinajstić information content (AvgIpc) is 3.42. The minimum Gasteiger partial charge on any atom is -0.359 e. The molecule has 0 aromatic carbocycles. The summed E-state index contributed by atoms with van der Waals surface area (Å²) in [6.07, 6.45) is 7.50. The van der Waals surface area contributed by atoms with Crippen LogP contribution in [0.5, 0.6) is 0 Å². The zero-order chi connectivity index (χ0) is 19.8. The molecule has 0 aliphatic heterocycles. The second-order valence-electron chi connectivity index (χ2n) is 6.48. The van der Waals surface area contributed by atoms with E-state index in [0.29, 0.717) is 25.0 Å². The number of guanidine groups is 1. The lowest BCUT2D eigenvalue weighted by atomic mass is 9.99.